The average Bonchev–Trinajstić information content (AvgIpc) is 2.83. The number of halogens is 2. The van der Waals surface area contributed by atoms with E-state index in [1.54, 1.807) is 0 Å². The molecule has 4 atom stereocenters. The number of nitrogens with one attached hydrogen (secondary N) is 1. The van der Waals surface area contributed by atoms with Crippen LogP contribution in [0.2, 0.25) is 0 Å². The van der Waals surface area contributed by atoms with Crippen molar-refractivity contribution in [3.05, 3.63) is 19.2 Å². The molecule has 3 rings (SSSR count). The second-order valence-corrected chi connectivity index (χ2v) is 9.94. The van der Waals surface area contributed by atoms with Crippen molar-refractivity contribution in [2.24, 2.45) is 17.8 Å². The third-order valence-electron chi connectivity index (χ3n) is 5.45. The van der Waals surface area contributed by atoms with E-state index in [9.17, 15) is 0 Å². The summed E-state index contributed by atoms with van der Waals surface area (Å²) in [7, 11) is 0. The third-order valence-corrected chi connectivity index (χ3v) is 8.79. The molecule has 2 aliphatic carbocycles. The summed E-state index contributed by atoms with van der Waals surface area (Å²) in [6.07, 6.45) is 10.2. The SMILES string of the molecule is CCNC(c1cc(Br)c(Br)s1)C1CCC2CCCCC2C1. The van der Waals surface area contributed by atoms with Gasteiger partial charge in [0.25, 0.3) is 0 Å². The second-order valence-electron chi connectivity index (χ2n) is 6.68. The van der Waals surface area contributed by atoms with Crippen molar-refractivity contribution < 1.29 is 0 Å². The maximum Gasteiger partial charge on any atom is 0.0843 e. The number of hydrogen-bond donors (Lipinski definition) is 1. The minimum atomic E-state index is 0.547. The van der Waals surface area contributed by atoms with Gasteiger partial charge in [-0.05, 0) is 81.5 Å². The van der Waals surface area contributed by atoms with Crippen LogP contribution in [0.3, 0.4) is 0 Å². The molecule has 0 spiro atoms. The molecule has 2 saturated carbocycles. The standard InChI is InChI=1S/C17H25Br2NS/c1-2-20-16(15-10-14(18)17(19)21-15)13-8-7-11-5-3-4-6-12(11)9-13/h10-13,16,20H,2-9H2,1H3. The minimum absolute atomic E-state index is 0.547. The van der Waals surface area contributed by atoms with E-state index < -0.39 is 0 Å². The van der Waals surface area contributed by atoms with Crippen LogP contribution >= 0.6 is 43.2 Å². The molecule has 1 aromatic rings. The van der Waals surface area contributed by atoms with Crippen molar-refractivity contribution >= 4 is 43.2 Å². The smallest absolute Gasteiger partial charge is 0.0843 e. The van der Waals surface area contributed by atoms with Crippen LogP contribution in [0.1, 0.15) is 62.8 Å². The van der Waals surface area contributed by atoms with Crippen molar-refractivity contribution in [3.8, 4) is 0 Å². The number of rotatable bonds is 4. The van der Waals surface area contributed by atoms with E-state index in [1.165, 1.54) is 58.1 Å². The minimum Gasteiger partial charge on any atom is -0.309 e. The summed E-state index contributed by atoms with van der Waals surface area (Å²) < 4.78 is 2.43. The van der Waals surface area contributed by atoms with Gasteiger partial charge in [-0.2, -0.15) is 0 Å². The zero-order chi connectivity index (χ0) is 14.8. The van der Waals surface area contributed by atoms with Crippen molar-refractivity contribution in [2.45, 2.75) is 57.9 Å². The van der Waals surface area contributed by atoms with Gasteiger partial charge in [-0.1, -0.05) is 32.6 Å². The highest BCUT2D eigenvalue weighted by atomic mass is 79.9. The fourth-order valence-corrected chi connectivity index (χ4v) is 6.71. The molecule has 21 heavy (non-hydrogen) atoms. The molecular formula is C17H25Br2NS. The van der Waals surface area contributed by atoms with Crippen LogP contribution < -0.4 is 5.32 Å². The Morgan fingerprint density at radius 1 is 1.19 bits per heavy atom. The molecule has 1 aromatic heterocycles. The fourth-order valence-electron chi connectivity index (χ4n) is 4.45. The van der Waals surface area contributed by atoms with Gasteiger partial charge in [0.05, 0.1) is 3.79 Å². The summed E-state index contributed by atoms with van der Waals surface area (Å²) >= 11 is 9.20. The van der Waals surface area contributed by atoms with Gasteiger partial charge in [0.15, 0.2) is 0 Å². The third kappa shape index (κ3) is 3.76. The predicted molar refractivity (Wildman–Crippen MR) is 98.9 cm³/mol. The van der Waals surface area contributed by atoms with Gasteiger partial charge in [-0.15, -0.1) is 11.3 Å². The maximum absolute atomic E-state index is 3.77. The highest BCUT2D eigenvalue weighted by Crippen LogP contribution is 2.48. The molecule has 0 aromatic carbocycles. The zero-order valence-electron chi connectivity index (χ0n) is 12.7. The van der Waals surface area contributed by atoms with Gasteiger partial charge in [-0.3, -0.25) is 0 Å². The molecule has 4 heteroatoms. The lowest BCUT2D eigenvalue weighted by atomic mass is 9.66. The highest BCUT2D eigenvalue weighted by Gasteiger charge is 2.36. The maximum atomic E-state index is 3.77. The summed E-state index contributed by atoms with van der Waals surface area (Å²) in [4.78, 5) is 1.50. The average molecular weight is 435 g/mol. The van der Waals surface area contributed by atoms with E-state index in [-0.39, 0.29) is 0 Å². The lowest BCUT2D eigenvalue weighted by molar-refractivity contribution is 0.110. The molecule has 1 nitrogen and oxygen atoms in total. The van der Waals surface area contributed by atoms with Crippen LogP contribution in [-0.2, 0) is 0 Å². The molecular weight excluding hydrogens is 410 g/mol. The Morgan fingerprint density at radius 3 is 2.62 bits per heavy atom. The van der Waals surface area contributed by atoms with Crippen molar-refractivity contribution in [1.82, 2.24) is 5.32 Å². The summed E-state index contributed by atoms with van der Waals surface area (Å²) in [5.41, 5.74) is 0. The number of hydrogen-bond acceptors (Lipinski definition) is 2. The Bertz CT molecular complexity index is 454. The predicted octanol–water partition coefficient (Wildman–Crippen LogP) is 6.53. The monoisotopic (exact) mass is 433 g/mol. The molecule has 0 aliphatic heterocycles. The van der Waals surface area contributed by atoms with E-state index in [0.29, 0.717) is 6.04 Å². The van der Waals surface area contributed by atoms with Crippen LogP contribution in [0.4, 0.5) is 0 Å². The number of fused-ring (bicyclic) bond motifs is 1. The Balaban J connectivity index is 1.74. The van der Waals surface area contributed by atoms with Crippen LogP contribution in [0.25, 0.3) is 0 Å². The molecule has 0 amide bonds. The summed E-state index contributed by atoms with van der Waals surface area (Å²) in [5, 5.41) is 3.77. The van der Waals surface area contributed by atoms with E-state index in [2.05, 4.69) is 50.2 Å². The first-order valence-electron chi connectivity index (χ1n) is 8.37. The van der Waals surface area contributed by atoms with E-state index in [1.807, 2.05) is 11.3 Å². The first kappa shape index (κ1) is 16.5. The summed E-state index contributed by atoms with van der Waals surface area (Å²) in [6.45, 7) is 3.29. The van der Waals surface area contributed by atoms with E-state index >= 15 is 0 Å². The van der Waals surface area contributed by atoms with Crippen molar-refractivity contribution in [3.63, 3.8) is 0 Å². The zero-order valence-corrected chi connectivity index (χ0v) is 16.7. The van der Waals surface area contributed by atoms with Gasteiger partial charge < -0.3 is 5.32 Å². The Kier molecular flexibility index (Phi) is 5.85. The van der Waals surface area contributed by atoms with Gasteiger partial charge in [0.1, 0.15) is 0 Å². The summed E-state index contributed by atoms with van der Waals surface area (Å²) in [5.74, 6) is 2.87. The molecule has 4 unspecified atom stereocenters. The summed E-state index contributed by atoms with van der Waals surface area (Å²) in [6, 6.07) is 2.86. The molecule has 0 bridgehead atoms. The molecule has 1 heterocycles. The molecule has 0 saturated heterocycles. The van der Waals surface area contributed by atoms with Crippen LogP contribution in [0.15, 0.2) is 14.3 Å². The quantitative estimate of drug-likeness (QED) is 0.567. The van der Waals surface area contributed by atoms with E-state index in [0.717, 1.165) is 24.3 Å². The Morgan fingerprint density at radius 2 is 1.95 bits per heavy atom. The largest absolute Gasteiger partial charge is 0.309 e. The molecule has 118 valence electrons. The lowest BCUT2D eigenvalue weighted by Gasteiger charge is -2.42. The topological polar surface area (TPSA) is 12.0 Å². The van der Waals surface area contributed by atoms with Crippen molar-refractivity contribution in [2.75, 3.05) is 6.54 Å². The van der Waals surface area contributed by atoms with Crippen LogP contribution in [0.5, 0.6) is 0 Å². The molecule has 0 radical (unpaired) electrons. The van der Waals surface area contributed by atoms with Gasteiger partial charge in [0.2, 0.25) is 0 Å². The van der Waals surface area contributed by atoms with Gasteiger partial charge in [0, 0.05) is 15.4 Å². The highest BCUT2D eigenvalue weighted by molar-refractivity contribution is 9.13. The number of thiophene rings is 1. The first-order chi connectivity index (χ1) is 10.2. The van der Waals surface area contributed by atoms with E-state index in [4.69, 9.17) is 0 Å². The van der Waals surface area contributed by atoms with Gasteiger partial charge >= 0.3 is 0 Å². The Labute approximate surface area is 149 Å². The molecule has 2 aliphatic rings. The van der Waals surface area contributed by atoms with Crippen molar-refractivity contribution in [1.29, 1.82) is 0 Å². The van der Waals surface area contributed by atoms with Crippen LogP contribution in [-0.4, -0.2) is 6.54 Å². The lowest BCUT2D eigenvalue weighted by Crippen LogP contribution is -2.35. The normalized spacial score (nSPS) is 30.9. The second kappa shape index (κ2) is 7.46. The molecule has 1 N–H and O–H groups in total. The fraction of sp³-hybridized carbons (Fsp3) is 0.765. The van der Waals surface area contributed by atoms with Gasteiger partial charge in [-0.25, -0.2) is 0 Å². The van der Waals surface area contributed by atoms with Crippen LogP contribution in [0, 0.1) is 17.8 Å². The molecule has 2 fully saturated rings. The Hall–Kier alpha value is 0.620. The first-order valence-corrected chi connectivity index (χ1v) is 10.8.